The molecule has 0 amide bonds. The van der Waals surface area contributed by atoms with Gasteiger partial charge in [-0.3, -0.25) is 0 Å². The van der Waals surface area contributed by atoms with Crippen LogP contribution in [-0.2, 0) is 4.43 Å². The second-order valence-electron chi connectivity index (χ2n) is 9.91. The molecule has 148 valence electrons. The predicted molar refractivity (Wildman–Crippen MR) is 124 cm³/mol. The van der Waals surface area contributed by atoms with E-state index in [-0.39, 0.29) is 10.1 Å². The van der Waals surface area contributed by atoms with E-state index in [0.29, 0.717) is 10.8 Å². The Labute approximate surface area is 175 Å². The molecule has 0 aliphatic heterocycles. The Morgan fingerprint density at radius 3 is 1.85 bits per heavy atom. The highest BCUT2D eigenvalue weighted by atomic mass is 79.9. The van der Waals surface area contributed by atoms with Gasteiger partial charge < -0.3 is 8.85 Å². The Kier molecular flexibility index (Phi) is 7.00. The number of rotatable bonds is 5. The van der Waals surface area contributed by atoms with Gasteiger partial charge in [0.2, 0.25) is 8.32 Å². The van der Waals surface area contributed by atoms with Crippen molar-refractivity contribution in [2.45, 2.75) is 77.8 Å². The fourth-order valence-electron chi connectivity index (χ4n) is 1.80. The van der Waals surface area contributed by atoms with Crippen LogP contribution < -0.4 is 4.43 Å². The highest BCUT2D eigenvalue weighted by Crippen LogP contribution is 2.45. The van der Waals surface area contributed by atoms with Crippen LogP contribution in [0.15, 0.2) is 23.2 Å². The summed E-state index contributed by atoms with van der Waals surface area (Å²) in [5, 5.41) is 0.811. The molecule has 0 spiro atoms. The van der Waals surface area contributed by atoms with E-state index in [1.165, 1.54) is 0 Å². The Bertz CT molecular complexity index is 686. The summed E-state index contributed by atoms with van der Waals surface area (Å²) in [5.74, 6) is 1.42. The van der Waals surface area contributed by atoms with Crippen molar-refractivity contribution in [3.8, 4) is 5.75 Å². The van der Waals surface area contributed by atoms with Gasteiger partial charge in [0, 0.05) is 5.02 Å². The lowest BCUT2D eigenvalue weighted by molar-refractivity contribution is 0.450. The molecule has 1 aromatic rings. The fourth-order valence-corrected chi connectivity index (χ4v) is 4.90. The maximum absolute atomic E-state index is 6.61. The van der Waals surface area contributed by atoms with Crippen LogP contribution in [0.5, 0.6) is 5.75 Å². The average molecular weight is 478 g/mol. The van der Waals surface area contributed by atoms with Crippen molar-refractivity contribution in [3.05, 3.63) is 33.8 Å². The molecule has 6 heteroatoms. The Morgan fingerprint density at radius 1 is 0.962 bits per heavy atom. The molecule has 0 saturated carbocycles. The minimum Gasteiger partial charge on any atom is -0.543 e. The number of hydrogen-bond donors (Lipinski definition) is 0. The molecule has 0 saturated heterocycles. The van der Waals surface area contributed by atoms with Crippen molar-refractivity contribution < 1.29 is 8.85 Å². The van der Waals surface area contributed by atoms with Crippen LogP contribution in [0.4, 0.5) is 0 Å². The van der Waals surface area contributed by atoms with Crippen molar-refractivity contribution in [2.24, 2.45) is 0 Å². The van der Waals surface area contributed by atoms with Gasteiger partial charge in [0.25, 0.3) is 8.32 Å². The summed E-state index contributed by atoms with van der Waals surface area (Å²) in [7, 11) is -4.03. The van der Waals surface area contributed by atoms with E-state index in [2.05, 4.69) is 90.2 Å². The molecule has 0 radical (unpaired) electrons. The van der Waals surface area contributed by atoms with E-state index in [4.69, 9.17) is 20.5 Å². The fraction of sp³-hybridized carbons (Fsp3) is 0.600. The predicted octanol–water partition coefficient (Wildman–Crippen LogP) is 8.48. The molecule has 2 nitrogen and oxygen atoms in total. The molecular formula is C20H34BrClO2Si2. The molecule has 0 heterocycles. The zero-order valence-electron chi connectivity index (χ0n) is 17.9. The monoisotopic (exact) mass is 476 g/mol. The van der Waals surface area contributed by atoms with E-state index in [0.717, 1.165) is 15.8 Å². The Morgan fingerprint density at radius 2 is 1.42 bits per heavy atom. The van der Waals surface area contributed by atoms with Crippen molar-refractivity contribution >= 4 is 49.9 Å². The van der Waals surface area contributed by atoms with Crippen LogP contribution in [0.2, 0.25) is 41.3 Å². The lowest BCUT2D eigenvalue weighted by Gasteiger charge is -2.39. The maximum atomic E-state index is 6.61. The molecule has 0 aliphatic carbocycles. The standard InChI is InChI=1S/C20H34BrClO2Si2/c1-14(23-25(8,9)19(2,3)4)16-12-15(22)13-17(21)18(16)24-26(10,11)20(5,6)7/h12-13H,1H2,2-11H3. The maximum Gasteiger partial charge on any atom is 0.250 e. The minimum absolute atomic E-state index is 0.0883. The van der Waals surface area contributed by atoms with Crippen molar-refractivity contribution in [1.29, 1.82) is 0 Å². The van der Waals surface area contributed by atoms with Gasteiger partial charge in [0.15, 0.2) is 0 Å². The third kappa shape index (κ3) is 5.40. The zero-order chi connectivity index (χ0) is 20.7. The van der Waals surface area contributed by atoms with Crippen LogP contribution in [-0.4, -0.2) is 16.6 Å². The van der Waals surface area contributed by atoms with Crippen LogP contribution in [0.3, 0.4) is 0 Å². The molecule has 0 atom stereocenters. The van der Waals surface area contributed by atoms with Crippen LogP contribution >= 0.6 is 27.5 Å². The van der Waals surface area contributed by atoms with Gasteiger partial charge in [-0.15, -0.1) is 0 Å². The first-order valence-corrected chi connectivity index (χ1v) is 15.9. The quantitative estimate of drug-likeness (QED) is 0.312. The van der Waals surface area contributed by atoms with Gasteiger partial charge in [-0.2, -0.15) is 0 Å². The van der Waals surface area contributed by atoms with Crippen LogP contribution in [0, 0.1) is 0 Å². The molecule has 0 unspecified atom stereocenters. The normalized spacial score (nSPS) is 13.5. The largest absolute Gasteiger partial charge is 0.543 e. The molecule has 0 N–H and O–H groups in total. The number of hydrogen-bond acceptors (Lipinski definition) is 2. The summed E-state index contributed by atoms with van der Waals surface area (Å²) in [6.45, 7) is 26.4. The topological polar surface area (TPSA) is 18.5 Å². The summed E-state index contributed by atoms with van der Waals surface area (Å²) in [5.41, 5.74) is 0.832. The molecule has 0 aliphatic rings. The zero-order valence-corrected chi connectivity index (χ0v) is 22.3. The molecule has 1 rings (SSSR count). The van der Waals surface area contributed by atoms with Crippen molar-refractivity contribution in [2.75, 3.05) is 0 Å². The van der Waals surface area contributed by atoms with Gasteiger partial charge in [-0.1, -0.05) is 59.7 Å². The lowest BCUT2D eigenvalue weighted by atomic mass is 10.2. The third-order valence-corrected chi connectivity index (χ3v) is 15.2. The second kappa shape index (κ2) is 7.65. The highest BCUT2D eigenvalue weighted by Gasteiger charge is 2.42. The highest BCUT2D eigenvalue weighted by molar-refractivity contribution is 9.10. The number of halogens is 2. The first kappa shape index (κ1) is 23.8. The molecule has 0 fully saturated rings. The van der Waals surface area contributed by atoms with Gasteiger partial charge in [-0.05, 0) is 64.3 Å². The molecule has 0 bridgehead atoms. The molecule has 0 aromatic heterocycles. The van der Waals surface area contributed by atoms with Crippen molar-refractivity contribution in [1.82, 2.24) is 0 Å². The van der Waals surface area contributed by atoms with Crippen LogP contribution in [0.25, 0.3) is 5.76 Å². The van der Waals surface area contributed by atoms with E-state index >= 15 is 0 Å². The molecular weight excluding hydrogens is 444 g/mol. The van der Waals surface area contributed by atoms with Crippen LogP contribution in [0.1, 0.15) is 47.1 Å². The summed E-state index contributed by atoms with van der Waals surface area (Å²) in [4.78, 5) is 0. The first-order valence-electron chi connectivity index (χ1n) is 8.95. The first-order chi connectivity index (χ1) is 11.4. The summed E-state index contributed by atoms with van der Waals surface area (Å²) >= 11 is 9.96. The molecule has 1 aromatic carbocycles. The van der Waals surface area contributed by atoms with Gasteiger partial charge >= 0.3 is 0 Å². The minimum atomic E-state index is -2.03. The third-order valence-electron chi connectivity index (χ3n) is 5.66. The SMILES string of the molecule is C=C(O[Si](C)(C)C(C)(C)C)c1cc(Cl)cc(Br)c1O[Si](C)(C)C(C)(C)C. The Hall–Kier alpha value is -0.236. The van der Waals surface area contributed by atoms with E-state index < -0.39 is 16.6 Å². The van der Waals surface area contributed by atoms with E-state index in [9.17, 15) is 0 Å². The smallest absolute Gasteiger partial charge is 0.250 e. The van der Waals surface area contributed by atoms with Gasteiger partial charge in [0.1, 0.15) is 11.5 Å². The van der Waals surface area contributed by atoms with E-state index in [1.54, 1.807) is 0 Å². The number of benzene rings is 1. The summed E-state index contributed by atoms with van der Waals surface area (Å²) < 4.78 is 13.9. The lowest BCUT2D eigenvalue weighted by Crippen LogP contribution is -2.44. The summed E-state index contributed by atoms with van der Waals surface area (Å²) in [6.07, 6.45) is 0. The second-order valence-corrected chi connectivity index (χ2v) is 20.7. The van der Waals surface area contributed by atoms with Gasteiger partial charge in [-0.25, -0.2) is 0 Å². The Balaban J connectivity index is 3.38. The average Bonchev–Trinajstić information content (AvgIpc) is 2.38. The van der Waals surface area contributed by atoms with Crippen molar-refractivity contribution in [3.63, 3.8) is 0 Å². The van der Waals surface area contributed by atoms with Gasteiger partial charge in [0.05, 0.1) is 10.0 Å². The summed E-state index contributed by atoms with van der Waals surface area (Å²) in [6, 6.07) is 3.76. The molecule has 26 heavy (non-hydrogen) atoms. The van der Waals surface area contributed by atoms with E-state index in [1.807, 2.05) is 12.1 Å².